The van der Waals surface area contributed by atoms with Crippen molar-refractivity contribution in [2.75, 3.05) is 0 Å². The Hall–Kier alpha value is -2.10. The number of aromatic nitrogens is 2. The summed E-state index contributed by atoms with van der Waals surface area (Å²) in [6.45, 7) is 3.34. The monoisotopic (exact) mass is 230 g/mol. The van der Waals surface area contributed by atoms with Gasteiger partial charge in [-0.2, -0.15) is 5.10 Å². The largest absolute Gasteiger partial charge is 0.489 e. The first-order chi connectivity index (χ1) is 8.31. The highest BCUT2D eigenvalue weighted by Gasteiger charge is 2.00. The van der Waals surface area contributed by atoms with Crippen molar-refractivity contribution in [3.8, 4) is 5.75 Å². The predicted molar refractivity (Wildman–Crippen MR) is 64.1 cm³/mol. The van der Waals surface area contributed by atoms with E-state index in [1.165, 1.54) is 0 Å². The molecular formula is C13H14N2O2. The Morgan fingerprint density at radius 1 is 1.47 bits per heavy atom. The second-order valence-corrected chi connectivity index (χ2v) is 3.68. The fourth-order valence-electron chi connectivity index (χ4n) is 1.50. The van der Waals surface area contributed by atoms with E-state index in [2.05, 4.69) is 5.10 Å². The highest BCUT2D eigenvalue weighted by Crippen LogP contribution is 2.13. The van der Waals surface area contributed by atoms with Crippen LogP contribution in [0.2, 0.25) is 0 Å². The van der Waals surface area contributed by atoms with Gasteiger partial charge in [-0.25, -0.2) is 0 Å². The van der Waals surface area contributed by atoms with Crippen LogP contribution in [0.3, 0.4) is 0 Å². The predicted octanol–water partition coefficient (Wildman–Crippen LogP) is 2.29. The number of ether oxygens (including phenoxy) is 1. The van der Waals surface area contributed by atoms with E-state index < -0.39 is 0 Å². The second kappa shape index (κ2) is 5.30. The lowest BCUT2D eigenvalue weighted by atomic mass is 10.2. The highest BCUT2D eigenvalue weighted by atomic mass is 16.5. The van der Waals surface area contributed by atoms with Crippen LogP contribution >= 0.6 is 0 Å². The topological polar surface area (TPSA) is 44.1 Å². The lowest BCUT2D eigenvalue weighted by Crippen LogP contribution is -1.95. The molecule has 4 heteroatoms. The SMILES string of the molecule is CCn1cc(COc2cccc(C=O)c2)cn1. The van der Waals surface area contributed by atoms with Crippen molar-refractivity contribution in [3.05, 3.63) is 47.8 Å². The molecule has 1 heterocycles. The van der Waals surface area contributed by atoms with E-state index in [9.17, 15) is 4.79 Å². The minimum absolute atomic E-state index is 0.461. The Morgan fingerprint density at radius 2 is 2.35 bits per heavy atom. The standard InChI is InChI=1S/C13H14N2O2/c1-2-15-8-12(7-14-15)10-17-13-5-3-4-11(6-13)9-16/h3-9H,2,10H2,1H3. The van der Waals surface area contributed by atoms with Crippen LogP contribution in [0.1, 0.15) is 22.8 Å². The molecule has 0 fully saturated rings. The van der Waals surface area contributed by atoms with Crippen LogP contribution in [0.25, 0.3) is 0 Å². The van der Waals surface area contributed by atoms with Crippen molar-refractivity contribution < 1.29 is 9.53 Å². The van der Waals surface area contributed by atoms with Gasteiger partial charge in [0, 0.05) is 23.9 Å². The second-order valence-electron chi connectivity index (χ2n) is 3.68. The summed E-state index contributed by atoms with van der Waals surface area (Å²) in [5, 5.41) is 4.16. The average molecular weight is 230 g/mol. The average Bonchev–Trinajstić information content (AvgIpc) is 2.84. The fraction of sp³-hybridized carbons (Fsp3) is 0.231. The van der Waals surface area contributed by atoms with E-state index in [4.69, 9.17) is 4.74 Å². The lowest BCUT2D eigenvalue weighted by molar-refractivity contribution is 0.112. The van der Waals surface area contributed by atoms with Crippen molar-refractivity contribution >= 4 is 6.29 Å². The van der Waals surface area contributed by atoms with Gasteiger partial charge < -0.3 is 4.74 Å². The van der Waals surface area contributed by atoms with E-state index in [1.54, 1.807) is 24.4 Å². The summed E-state index contributed by atoms with van der Waals surface area (Å²) in [4.78, 5) is 10.6. The summed E-state index contributed by atoms with van der Waals surface area (Å²) in [7, 11) is 0. The number of aryl methyl sites for hydroxylation is 1. The molecule has 2 aromatic rings. The Kier molecular flexibility index (Phi) is 3.55. The van der Waals surface area contributed by atoms with Crippen molar-refractivity contribution in [2.45, 2.75) is 20.1 Å². The Labute approximate surface area is 99.8 Å². The number of benzene rings is 1. The zero-order valence-corrected chi connectivity index (χ0v) is 9.67. The van der Waals surface area contributed by atoms with Gasteiger partial charge in [0.15, 0.2) is 0 Å². The number of aldehydes is 1. The summed E-state index contributed by atoms with van der Waals surface area (Å²) in [5.41, 5.74) is 1.63. The van der Waals surface area contributed by atoms with Crippen LogP contribution in [-0.2, 0) is 13.2 Å². The number of nitrogens with zero attached hydrogens (tertiary/aromatic N) is 2. The van der Waals surface area contributed by atoms with Crippen LogP contribution in [0.5, 0.6) is 5.75 Å². The number of rotatable bonds is 5. The number of carbonyl (C=O) groups is 1. The molecule has 0 amide bonds. The van der Waals surface area contributed by atoms with Crippen LogP contribution in [0.15, 0.2) is 36.7 Å². The van der Waals surface area contributed by atoms with E-state index >= 15 is 0 Å². The zero-order chi connectivity index (χ0) is 12.1. The molecule has 88 valence electrons. The van der Waals surface area contributed by atoms with Crippen molar-refractivity contribution in [1.29, 1.82) is 0 Å². The first kappa shape index (κ1) is 11.4. The zero-order valence-electron chi connectivity index (χ0n) is 9.67. The quantitative estimate of drug-likeness (QED) is 0.740. The molecule has 17 heavy (non-hydrogen) atoms. The van der Waals surface area contributed by atoms with E-state index in [1.807, 2.05) is 23.9 Å². The minimum Gasteiger partial charge on any atom is -0.489 e. The third-order valence-corrected chi connectivity index (χ3v) is 2.41. The van der Waals surface area contributed by atoms with E-state index in [0.29, 0.717) is 17.9 Å². The molecule has 0 atom stereocenters. The number of hydrogen-bond donors (Lipinski definition) is 0. The maximum atomic E-state index is 10.6. The van der Waals surface area contributed by atoms with E-state index in [-0.39, 0.29) is 0 Å². The van der Waals surface area contributed by atoms with Gasteiger partial charge in [-0.15, -0.1) is 0 Å². The smallest absolute Gasteiger partial charge is 0.150 e. The molecule has 0 aliphatic rings. The summed E-state index contributed by atoms with van der Waals surface area (Å²) in [5.74, 6) is 0.693. The molecule has 0 unspecified atom stereocenters. The van der Waals surface area contributed by atoms with Gasteiger partial charge in [-0.1, -0.05) is 12.1 Å². The molecule has 1 aromatic carbocycles. The molecule has 2 rings (SSSR count). The molecule has 0 saturated heterocycles. The first-order valence-corrected chi connectivity index (χ1v) is 5.51. The normalized spacial score (nSPS) is 10.2. The molecule has 0 N–H and O–H groups in total. The first-order valence-electron chi connectivity index (χ1n) is 5.51. The number of carbonyl (C=O) groups excluding carboxylic acids is 1. The molecule has 0 aliphatic heterocycles. The Bertz CT molecular complexity index is 506. The van der Waals surface area contributed by atoms with Gasteiger partial charge in [0.1, 0.15) is 18.6 Å². The lowest BCUT2D eigenvalue weighted by Gasteiger charge is -2.04. The van der Waals surface area contributed by atoms with Gasteiger partial charge in [0.2, 0.25) is 0 Å². The molecule has 4 nitrogen and oxygen atoms in total. The molecule has 0 spiro atoms. The summed E-state index contributed by atoms with van der Waals surface area (Å²) in [6.07, 6.45) is 4.54. The highest BCUT2D eigenvalue weighted by molar-refractivity contribution is 5.75. The molecule has 0 radical (unpaired) electrons. The number of hydrogen-bond acceptors (Lipinski definition) is 3. The maximum absolute atomic E-state index is 10.6. The summed E-state index contributed by atoms with van der Waals surface area (Å²) < 4.78 is 7.43. The van der Waals surface area contributed by atoms with Gasteiger partial charge in [0.25, 0.3) is 0 Å². The van der Waals surface area contributed by atoms with Crippen molar-refractivity contribution in [1.82, 2.24) is 9.78 Å². The third kappa shape index (κ3) is 2.93. The molecular weight excluding hydrogens is 216 g/mol. The van der Waals surface area contributed by atoms with Crippen LogP contribution in [0, 0.1) is 0 Å². The molecule has 0 bridgehead atoms. The summed E-state index contributed by atoms with van der Waals surface area (Å²) >= 11 is 0. The minimum atomic E-state index is 0.461. The Morgan fingerprint density at radius 3 is 3.06 bits per heavy atom. The van der Waals surface area contributed by atoms with Gasteiger partial charge in [0.05, 0.1) is 6.20 Å². The van der Waals surface area contributed by atoms with Crippen LogP contribution < -0.4 is 4.74 Å². The van der Waals surface area contributed by atoms with Gasteiger partial charge in [-0.3, -0.25) is 9.48 Å². The molecule has 0 aliphatic carbocycles. The maximum Gasteiger partial charge on any atom is 0.150 e. The van der Waals surface area contributed by atoms with Crippen LogP contribution in [-0.4, -0.2) is 16.1 Å². The van der Waals surface area contributed by atoms with Gasteiger partial charge in [-0.05, 0) is 19.1 Å². The van der Waals surface area contributed by atoms with Crippen molar-refractivity contribution in [3.63, 3.8) is 0 Å². The molecule has 0 saturated carbocycles. The Balaban J connectivity index is 1.99. The fourth-order valence-corrected chi connectivity index (χ4v) is 1.50. The van der Waals surface area contributed by atoms with Gasteiger partial charge >= 0.3 is 0 Å². The van der Waals surface area contributed by atoms with Crippen molar-refractivity contribution in [2.24, 2.45) is 0 Å². The molecule has 1 aromatic heterocycles. The summed E-state index contributed by atoms with van der Waals surface area (Å²) in [6, 6.07) is 7.10. The van der Waals surface area contributed by atoms with Crippen LogP contribution in [0.4, 0.5) is 0 Å². The van der Waals surface area contributed by atoms with E-state index in [0.717, 1.165) is 18.4 Å². The third-order valence-electron chi connectivity index (χ3n) is 2.41.